The molecule has 15 heavy (non-hydrogen) atoms. The van der Waals surface area contributed by atoms with E-state index in [1.807, 2.05) is 6.92 Å². The van der Waals surface area contributed by atoms with Crippen molar-refractivity contribution in [2.24, 2.45) is 5.92 Å². The van der Waals surface area contributed by atoms with Crippen LogP contribution in [0.15, 0.2) is 16.6 Å². The summed E-state index contributed by atoms with van der Waals surface area (Å²) >= 11 is 3.46. The maximum atomic E-state index is 4.54. The quantitative estimate of drug-likeness (QED) is 0.831. The molecule has 0 saturated heterocycles. The van der Waals surface area contributed by atoms with Gasteiger partial charge in [-0.1, -0.05) is 20.3 Å². The molecule has 0 aliphatic carbocycles. The predicted octanol–water partition coefficient (Wildman–Crippen LogP) is 3.63. The van der Waals surface area contributed by atoms with E-state index in [0.717, 1.165) is 22.5 Å². The molecule has 0 saturated carbocycles. The summed E-state index contributed by atoms with van der Waals surface area (Å²) in [4.78, 5) is 6.75. The lowest BCUT2D eigenvalue weighted by Gasteiger charge is -2.22. The summed E-state index contributed by atoms with van der Waals surface area (Å²) in [5.74, 6) is 1.76. The number of aryl methyl sites for hydroxylation is 1. The summed E-state index contributed by atoms with van der Waals surface area (Å²) in [5, 5.41) is 0. The highest BCUT2D eigenvalue weighted by molar-refractivity contribution is 9.10. The van der Waals surface area contributed by atoms with E-state index >= 15 is 0 Å². The van der Waals surface area contributed by atoms with Crippen LogP contribution in [0.1, 0.15) is 26.0 Å². The molecule has 0 spiro atoms. The number of nitrogens with zero attached hydrogens (tertiary/aromatic N) is 2. The van der Waals surface area contributed by atoms with Gasteiger partial charge in [0.05, 0.1) is 5.69 Å². The van der Waals surface area contributed by atoms with E-state index in [0.29, 0.717) is 5.92 Å². The van der Waals surface area contributed by atoms with Crippen molar-refractivity contribution in [2.45, 2.75) is 27.2 Å². The fraction of sp³-hybridized carbons (Fsp3) is 0.583. The number of rotatable bonds is 4. The monoisotopic (exact) mass is 270 g/mol. The molecule has 0 aliphatic heterocycles. The molecule has 1 aromatic heterocycles. The zero-order valence-electron chi connectivity index (χ0n) is 9.92. The summed E-state index contributed by atoms with van der Waals surface area (Å²) in [5.41, 5.74) is 1.04. The van der Waals surface area contributed by atoms with Crippen LogP contribution >= 0.6 is 15.9 Å². The van der Waals surface area contributed by atoms with Gasteiger partial charge in [-0.25, -0.2) is 4.98 Å². The molecular formula is C12H19BrN2. The molecule has 0 aromatic carbocycles. The first-order chi connectivity index (χ1) is 7.04. The Morgan fingerprint density at radius 3 is 2.67 bits per heavy atom. The van der Waals surface area contributed by atoms with Crippen LogP contribution in [0, 0.1) is 12.8 Å². The van der Waals surface area contributed by atoms with Crippen LogP contribution in [0.4, 0.5) is 5.82 Å². The van der Waals surface area contributed by atoms with Crippen molar-refractivity contribution in [3.8, 4) is 0 Å². The lowest BCUT2D eigenvalue weighted by atomic mass is 10.1. The molecule has 0 N–H and O–H groups in total. The van der Waals surface area contributed by atoms with E-state index in [-0.39, 0.29) is 0 Å². The summed E-state index contributed by atoms with van der Waals surface area (Å²) in [7, 11) is 2.10. The Bertz CT molecular complexity index is 325. The van der Waals surface area contributed by atoms with Gasteiger partial charge in [0.25, 0.3) is 0 Å². The van der Waals surface area contributed by atoms with Crippen LogP contribution in [0.2, 0.25) is 0 Å². The van der Waals surface area contributed by atoms with Gasteiger partial charge in [0.1, 0.15) is 5.82 Å². The average molecular weight is 271 g/mol. The second-order valence-electron chi connectivity index (χ2n) is 4.13. The molecule has 1 atom stereocenters. The van der Waals surface area contributed by atoms with Gasteiger partial charge in [0.2, 0.25) is 0 Å². The third kappa shape index (κ3) is 3.49. The Labute approximate surface area is 101 Å². The highest BCUT2D eigenvalue weighted by Crippen LogP contribution is 2.19. The van der Waals surface area contributed by atoms with Gasteiger partial charge in [-0.05, 0) is 40.9 Å². The van der Waals surface area contributed by atoms with Crippen molar-refractivity contribution in [1.29, 1.82) is 0 Å². The van der Waals surface area contributed by atoms with Crippen molar-refractivity contribution < 1.29 is 0 Å². The Morgan fingerprint density at radius 2 is 2.13 bits per heavy atom. The zero-order valence-corrected chi connectivity index (χ0v) is 11.5. The molecular weight excluding hydrogens is 252 g/mol. The minimum atomic E-state index is 0.709. The van der Waals surface area contributed by atoms with Crippen molar-refractivity contribution in [1.82, 2.24) is 4.98 Å². The van der Waals surface area contributed by atoms with Gasteiger partial charge in [-0.2, -0.15) is 0 Å². The van der Waals surface area contributed by atoms with Crippen molar-refractivity contribution >= 4 is 21.7 Å². The third-order valence-corrected chi connectivity index (χ3v) is 3.52. The van der Waals surface area contributed by atoms with Gasteiger partial charge in [-0.3, -0.25) is 0 Å². The van der Waals surface area contributed by atoms with Gasteiger partial charge in [0, 0.05) is 18.1 Å². The Hall–Kier alpha value is -0.570. The number of pyridine rings is 1. The Morgan fingerprint density at radius 1 is 1.47 bits per heavy atom. The van der Waals surface area contributed by atoms with E-state index < -0.39 is 0 Å². The maximum Gasteiger partial charge on any atom is 0.128 e. The van der Waals surface area contributed by atoms with Crippen LogP contribution < -0.4 is 4.90 Å². The van der Waals surface area contributed by atoms with Crippen LogP contribution in [0.25, 0.3) is 0 Å². The Kier molecular flexibility index (Phi) is 4.58. The van der Waals surface area contributed by atoms with Crippen LogP contribution in [0.5, 0.6) is 0 Å². The highest BCUT2D eigenvalue weighted by Gasteiger charge is 2.07. The molecule has 0 bridgehead atoms. The minimum Gasteiger partial charge on any atom is -0.359 e. The molecule has 84 valence electrons. The number of hydrogen-bond donors (Lipinski definition) is 0. The number of halogens is 1. The SMILES string of the molecule is CCC(C)CN(C)c1ccc(Br)c(C)n1. The molecule has 1 aromatic rings. The van der Waals surface area contributed by atoms with E-state index in [2.05, 4.69) is 58.8 Å². The lowest BCUT2D eigenvalue weighted by molar-refractivity contribution is 0.557. The molecule has 0 radical (unpaired) electrons. The first kappa shape index (κ1) is 12.5. The highest BCUT2D eigenvalue weighted by atomic mass is 79.9. The van der Waals surface area contributed by atoms with Crippen LogP contribution in [0.3, 0.4) is 0 Å². The minimum absolute atomic E-state index is 0.709. The molecule has 0 fully saturated rings. The van der Waals surface area contributed by atoms with Crippen molar-refractivity contribution in [3.05, 3.63) is 22.3 Å². The maximum absolute atomic E-state index is 4.54. The average Bonchev–Trinajstić information content (AvgIpc) is 2.21. The summed E-state index contributed by atoms with van der Waals surface area (Å²) < 4.78 is 1.07. The fourth-order valence-electron chi connectivity index (χ4n) is 1.43. The molecule has 1 unspecified atom stereocenters. The normalized spacial score (nSPS) is 12.6. The van der Waals surface area contributed by atoms with E-state index in [9.17, 15) is 0 Å². The Balaban J connectivity index is 2.73. The van der Waals surface area contributed by atoms with Gasteiger partial charge >= 0.3 is 0 Å². The predicted molar refractivity (Wildman–Crippen MR) is 69.4 cm³/mol. The van der Waals surface area contributed by atoms with Gasteiger partial charge in [-0.15, -0.1) is 0 Å². The first-order valence-corrected chi connectivity index (χ1v) is 6.18. The topological polar surface area (TPSA) is 16.1 Å². The zero-order chi connectivity index (χ0) is 11.4. The standard InChI is InChI=1S/C12H19BrN2/c1-5-9(2)8-15(4)12-7-6-11(13)10(3)14-12/h6-7,9H,5,8H2,1-4H3. The second-order valence-corrected chi connectivity index (χ2v) is 4.98. The van der Waals surface area contributed by atoms with Crippen LogP contribution in [-0.4, -0.2) is 18.6 Å². The fourth-order valence-corrected chi connectivity index (χ4v) is 1.65. The molecule has 1 rings (SSSR count). The van der Waals surface area contributed by atoms with Crippen molar-refractivity contribution in [2.75, 3.05) is 18.5 Å². The summed E-state index contributed by atoms with van der Waals surface area (Å²) in [6.07, 6.45) is 1.21. The number of anilines is 1. The summed E-state index contributed by atoms with van der Waals surface area (Å²) in [6, 6.07) is 4.12. The van der Waals surface area contributed by atoms with E-state index in [1.165, 1.54) is 6.42 Å². The third-order valence-electron chi connectivity index (χ3n) is 2.68. The largest absolute Gasteiger partial charge is 0.359 e. The molecule has 3 heteroatoms. The molecule has 1 heterocycles. The molecule has 0 amide bonds. The van der Waals surface area contributed by atoms with Gasteiger partial charge in [0.15, 0.2) is 0 Å². The number of aromatic nitrogens is 1. The van der Waals surface area contributed by atoms with Gasteiger partial charge < -0.3 is 4.90 Å². The molecule has 0 aliphatic rings. The number of hydrogen-bond acceptors (Lipinski definition) is 2. The summed E-state index contributed by atoms with van der Waals surface area (Å²) in [6.45, 7) is 7.57. The second kappa shape index (κ2) is 5.50. The van der Waals surface area contributed by atoms with Crippen LogP contribution in [-0.2, 0) is 0 Å². The van der Waals surface area contributed by atoms with Crippen molar-refractivity contribution in [3.63, 3.8) is 0 Å². The lowest BCUT2D eigenvalue weighted by Crippen LogP contribution is -2.24. The first-order valence-electron chi connectivity index (χ1n) is 5.38. The molecule has 2 nitrogen and oxygen atoms in total. The van der Waals surface area contributed by atoms with E-state index in [4.69, 9.17) is 0 Å². The van der Waals surface area contributed by atoms with E-state index in [1.54, 1.807) is 0 Å². The smallest absolute Gasteiger partial charge is 0.128 e.